The highest BCUT2D eigenvalue weighted by atomic mass is 16.5. The number of nitrogens with one attached hydrogen (secondary N) is 2. The van der Waals surface area contributed by atoms with Gasteiger partial charge >= 0.3 is 12.0 Å². The molecule has 2 N–H and O–H groups in total. The number of carbonyl (C=O) groups is 4. The van der Waals surface area contributed by atoms with Crippen LogP contribution in [0.5, 0.6) is 5.75 Å². The highest BCUT2D eigenvalue weighted by molar-refractivity contribution is 6.08. The van der Waals surface area contributed by atoms with Crippen molar-refractivity contribution in [2.24, 2.45) is 0 Å². The first-order valence-corrected chi connectivity index (χ1v) is 9.81. The third-order valence-electron chi connectivity index (χ3n) is 5.00. The number of benzene rings is 1. The summed E-state index contributed by atoms with van der Waals surface area (Å²) in [6, 6.07) is 5.69. The average molecular weight is 403 g/mol. The van der Waals surface area contributed by atoms with Crippen molar-refractivity contribution in [1.29, 1.82) is 0 Å². The molecule has 9 heteroatoms. The topological polar surface area (TPSA) is 114 Å². The van der Waals surface area contributed by atoms with Crippen LogP contribution in [0.25, 0.3) is 0 Å². The Morgan fingerprint density at radius 1 is 1.14 bits per heavy atom. The van der Waals surface area contributed by atoms with Gasteiger partial charge in [0.1, 0.15) is 11.3 Å². The molecule has 29 heavy (non-hydrogen) atoms. The number of esters is 1. The summed E-state index contributed by atoms with van der Waals surface area (Å²) in [7, 11) is 0. The number of imide groups is 1. The minimum Gasteiger partial charge on any atom is -0.494 e. The number of hydrogen-bond donors (Lipinski definition) is 2. The number of ether oxygens (including phenoxy) is 2. The van der Waals surface area contributed by atoms with Gasteiger partial charge in [0, 0.05) is 0 Å². The van der Waals surface area contributed by atoms with E-state index in [0.29, 0.717) is 30.2 Å². The quantitative estimate of drug-likeness (QED) is 0.531. The fourth-order valence-electron chi connectivity index (χ4n) is 3.49. The van der Waals surface area contributed by atoms with Gasteiger partial charge in [-0.25, -0.2) is 9.59 Å². The van der Waals surface area contributed by atoms with Gasteiger partial charge < -0.3 is 14.8 Å². The third-order valence-corrected chi connectivity index (χ3v) is 5.00. The summed E-state index contributed by atoms with van der Waals surface area (Å²) in [6.45, 7) is 1.95. The predicted molar refractivity (Wildman–Crippen MR) is 102 cm³/mol. The van der Waals surface area contributed by atoms with E-state index in [9.17, 15) is 19.2 Å². The van der Waals surface area contributed by atoms with E-state index in [-0.39, 0.29) is 5.56 Å². The van der Waals surface area contributed by atoms with Crippen molar-refractivity contribution < 1.29 is 28.7 Å². The number of hydrogen-bond acceptors (Lipinski definition) is 6. The molecule has 0 atom stereocenters. The first-order valence-electron chi connectivity index (χ1n) is 9.81. The maximum Gasteiger partial charge on any atom is 0.344 e. The SMILES string of the molecule is CCCOc1ccc(C(=O)OCC(=O)NN2C(=O)NC3(CCCCC3)C2=O)cc1. The zero-order valence-electron chi connectivity index (χ0n) is 16.4. The molecule has 0 aromatic heterocycles. The lowest BCUT2D eigenvalue weighted by atomic mass is 9.82. The van der Waals surface area contributed by atoms with Crippen molar-refractivity contribution in [2.75, 3.05) is 13.2 Å². The Kier molecular flexibility index (Phi) is 6.36. The fourth-order valence-corrected chi connectivity index (χ4v) is 3.49. The lowest BCUT2D eigenvalue weighted by molar-refractivity contribution is -0.140. The smallest absolute Gasteiger partial charge is 0.344 e. The maximum absolute atomic E-state index is 12.6. The van der Waals surface area contributed by atoms with Crippen molar-refractivity contribution in [2.45, 2.75) is 51.0 Å². The predicted octanol–water partition coefficient (Wildman–Crippen LogP) is 1.92. The largest absolute Gasteiger partial charge is 0.494 e. The molecule has 2 aliphatic rings. The number of urea groups is 1. The molecule has 156 valence electrons. The van der Waals surface area contributed by atoms with Gasteiger partial charge in [-0.15, -0.1) is 0 Å². The molecule has 0 unspecified atom stereocenters. The van der Waals surface area contributed by atoms with Crippen molar-refractivity contribution in [3.8, 4) is 5.75 Å². The molecular weight excluding hydrogens is 378 g/mol. The van der Waals surface area contributed by atoms with Crippen molar-refractivity contribution in [3.63, 3.8) is 0 Å². The van der Waals surface area contributed by atoms with Gasteiger partial charge in [0.05, 0.1) is 12.2 Å². The first kappa shape index (κ1) is 20.6. The second-order valence-corrected chi connectivity index (χ2v) is 7.20. The van der Waals surface area contributed by atoms with E-state index < -0.39 is 36.0 Å². The molecule has 2 fully saturated rings. The number of amides is 4. The second-order valence-electron chi connectivity index (χ2n) is 7.20. The monoisotopic (exact) mass is 403 g/mol. The Morgan fingerprint density at radius 3 is 2.48 bits per heavy atom. The second kappa shape index (κ2) is 8.93. The molecule has 9 nitrogen and oxygen atoms in total. The Morgan fingerprint density at radius 2 is 1.83 bits per heavy atom. The highest BCUT2D eigenvalue weighted by Crippen LogP contribution is 2.32. The zero-order valence-corrected chi connectivity index (χ0v) is 16.4. The number of rotatable bonds is 7. The molecular formula is C20H25N3O6. The third kappa shape index (κ3) is 4.67. The normalized spacial score (nSPS) is 17.8. The van der Waals surface area contributed by atoms with Gasteiger partial charge in [0.2, 0.25) is 0 Å². The van der Waals surface area contributed by atoms with Crippen molar-refractivity contribution in [3.05, 3.63) is 29.8 Å². The van der Waals surface area contributed by atoms with Gasteiger partial charge in [0.15, 0.2) is 6.61 Å². The van der Waals surface area contributed by atoms with E-state index in [1.165, 1.54) is 12.1 Å². The number of carbonyl (C=O) groups excluding carboxylic acids is 4. The number of hydrazine groups is 1. The van der Waals surface area contributed by atoms with Gasteiger partial charge in [-0.1, -0.05) is 26.2 Å². The van der Waals surface area contributed by atoms with Crippen LogP contribution in [-0.4, -0.2) is 47.6 Å². The van der Waals surface area contributed by atoms with Crippen LogP contribution in [0, 0.1) is 0 Å². The summed E-state index contributed by atoms with van der Waals surface area (Å²) >= 11 is 0. The molecule has 0 radical (unpaired) electrons. The molecule has 1 aliphatic carbocycles. The molecule has 3 rings (SSSR count). The molecule has 1 spiro atoms. The van der Waals surface area contributed by atoms with E-state index in [0.717, 1.165) is 25.7 Å². The van der Waals surface area contributed by atoms with Gasteiger partial charge in [-0.05, 0) is 43.5 Å². The fraction of sp³-hybridized carbons (Fsp3) is 0.500. The first-order chi connectivity index (χ1) is 13.9. The van der Waals surface area contributed by atoms with Crippen LogP contribution >= 0.6 is 0 Å². The van der Waals surface area contributed by atoms with E-state index in [4.69, 9.17) is 9.47 Å². The Balaban J connectivity index is 1.50. The average Bonchev–Trinajstić information content (AvgIpc) is 2.95. The molecule has 1 heterocycles. The Bertz CT molecular complexity index is 786. The standard InChI is InChI=1S/C20H25N3O6/c1-2-12-28-15-8-6-14(7-9-15)17(25)29-13-16(24)22-23-18(26)20(21-19(23)27)10-4-3-5-11-20/h6-9H,2-5,10-13H2,1H3,(H,21,27)(H,22,24). The van der Waals surface area contributed by atoms with Gasteiger partial charge in [-0.2, -0.15) is 5.01 Å². The molecule has 1 saturated carbocycles. The Hall–Kier alpha value is -3.10. The highest BCUT2D eigenvalue weighted by Gasteiger charge is 2.52. The summed E-state index contributed by atoms with van der Waals surface area (Å²) in [6.07, 6.45) is 4.67. The van der Waals surface area contributed by atoms with Crippen LogP contribution in [0.4, 0.5) is 4.79 Å². The van der Waals surface area contributed by atoms with Crippen molar-refractivity contribution in [1.82, 2.24) is 15.8 Å². The van der Waals surface area contributed by atoms with Gasteiger partial charge in [0.25, 0.3) is 11.8 Å². The number of nitrogens with zero attached hydrogens (tertiary/aromatic N) is 1. The maximum atomic E-state index is 12.6. The summed E-state index contributed by atoms with van der Waals surface area (Å²) in [4.78, 5) is 48.9. The van der Waals surface area contributed by atoms with Crippen LogP contribution in [0.1, 0.15) is 55.8 Å². The van der Waals surface area contributed by atoms with Crippen LogP contribution in [0.3, 0.4) is 0 Å². The van der Waals surface area contributed by atoms with Crippen LogP contribution in [0.15, 0.2) is 24.3 Å². The lowest BCUT2D eigenvalue weighted by Gasteiger charge is -2.30. The molecule has 4 amide bonds. The molecule has 1 aliphatic heterocycles. The zero-order chi connectivity index (χ0) is 20.9. The van der Waals surface area contributed by atoms with E-state index in [1.807, 2.05) is 6.92 Å². The van der Waals surface area contributed by atoms with E-state index in [1.54, 1.807) is 12.1 Å². The van der Waals surface area contributed by atoms with Crippen LogP contribution < -0.4 is 15.5 Å². The molecule has 1 saturated heterocycles. The van der Waals surface area contributed by atoms with E-state index >= 15 is 0 Å². The molecule has 0 bridgehead atoms. The van der Waals surface area contributed by atoms with Crippen LogP contribution in [-0.2, 0) is 14.3 Å². The van der Waals surface area contributed by atoms with E-state index in [2.05, 4.69) is 10.7 Å². The molecule has 1 aromatic carbocycles. The Labute approximate surface area is 168 Å². The van der Waals surface area contributed by atoms with Crippen LogP contribution in [0.2, 0.25) is 0 Å². The summed E-state index contributed by atoms with van der Waals surface area (Å²) < 4.78 is 10.4. The van der Waals surface area contributed by atoms with Crippen molar-refractivity contribution >= 4 is 23.8 Å². The summed E-state index contributed by atoms with van der Waals surface area (Å²) in [5, 5.41) is 3.37. The minimum absolute atomic E-state index is 0.262. The summed E-state index contributed by atoms with van der Waals surface area (Å²) in [5.41, 5.74) is 1.56. The summed E-state index contributed by atoms with van der Waals surface area (Å²) in [5.74, 6) is -1.29. The molecule has 1 aromatic rings. The lowest BCUT2D eigenvalue weighted by Crippen LogP contribution is -2.51. The minimum atomic E-state index is -0.930. The van der Waals surface area contributed by atoms with Gasteiger partial charge in [-0.3, -0.25) is 15.0 Å².